The molecule has 0 bridgehead atoms. The van der Waals surface area contributed by atoms with E-state index in [0.717, 1.165) is 6.07 Å². The van der Waals surface area contributed by atoms with Crippen LogP contribution >= 0.6 is 0 Å². The van der Waals surface area contributed by atoms with Crippen LogP contribution < -0.4 is 0 Å². The molecule has 2 atom stereocenters. The second-order valence-corrected chi connectivity index (χ2v) is 6.37. The van der Waals surface area contributed by atoms with Crippen molar-refractivity contribution >= 4 is 6.09 Å². The second kappa shape index (κ2) is 5.91. The fourth-order valence-corrected chi connectivity index (χ4v) is 2.49. The normalized spacial score (nSPS) is 21.5. The molecule has 1 aliphatic heterocycles. The van der Waals surface area contributed by atoms with Gasteiger partial charge < -0.3 is 4.74 Å². The number of amides is 1. The third-order valence-electron chi connectivity index (χ3n) is 3.31. The molecule has 22 heavy (non-hydrogen) atoms. The molecule has 1 fully saturated rings. The number of likely N-dealkylation sites (tertiary alicyclic amines) is 1. The van der Waals surface area contributed by atoms with Crippen LogP contribution in [-0.2, 0) is 4.74 Å². The number of nitriles is 1. The quantitative estimate of drug-likeness (QED) is 0.794. The molecule has 0 spiro atoms. The summed E-state index contributed by atoms with van der Waals surface area (Å²) >= 11 is 0. The highest BCUT2D eigenvalue weighted by Gasteiger charge is 2.38. The van der Waals surface area contributed by atoms with E-state index in [9.17, 15) is 13.6 Å². The summed E-state index contributed by atoms with van der Waals surface area (Å²) in [6, 6.07) is 5.02. The van der Waals surface area contributed by atoms with Crippen molar-refractivity contribution in [3.63, 3.8) is 0 Å². The van der Waals surface area contributed by atoms with Gasteiger partial charge in [-0.15, -0.1) is 0 Å². The van der Waals surface area contributed by atoms with E-state index < -0.39 is 29.7 Å². The van der Waals surface area contributed by atoms with Crippen LogP contribution in [0.2, 0.25) is 0 Å². The van der Waals surface area contributed by atoms with Crippen molar-refractivity contribution in [2.75, 3.05) is 6.54 Å². The van der Waals surface area contributed by atoms with E-state index in [4.69, 9.17) is 10.00 Å². The number of alkyl halides is 1. The number of nitrogens with zero attached hydrogens (tertiary/aromatic N) is 2. The van der Waals surface area contributed by atoms with E-state index >= 15 is 0 Å². The van der Waals surface area contributed by atoms with E-state index in [2.05, 4.69) is 0 Å². The van der Waals surface area contributed by atoms with E-state index in [-0.39, 0.29) is 18.5 Å². The minimum absolute atomic E-state index is 0.0631. The topological polar surface area (TPSA) is 53.3 Å². The van der Waals surface area contributed by atoms with E-state index in [1.54, 1.807) is 20.8 Å². The average molecular weight is 308 g/mol. The molecule has 118 valence electrons. The first-order chi connectivity index (χ1) is 10.2. The fraction of sp³-hybridized carbons (Fsp3) is 0.500. The smallest absolute Gasteiger partial charge is 0.410 e. The Hall–Kier alpha value is -2.16. The molecule has 1 aromatic rings. The number of hydrogen-bond acceptors (Lipinski definition) is 3. The minimum Gasteiger partial charge on any atom is -0.444 e. The molecule has 0 radical (unpaired) electrons. The summed E-state index contributed by atoms with van der Waals surface area (Å²) in [6.07, 6.45) is -1.78. The van der Waals surface area contributed by atoms with Crippen molar-refractivity contribution in [1.29, 1.82) is 5.26 Å². The second-order valence-electron chi connectivity index (χ2n) is 6.37. The Balaban J connectivity index is 2.30. The Morgan fingerprint density at radius 2 is 2.09 bits per heavy atom. The molecule has 1 aromatic carbocycles. The van der Waals surface area contributed by atoms with Gasteiger partial charge in [-0.25, -0.2) is 13.6 Å². The van der Waals surface area contributed by atoms with Gasteiger partial charge in [0.25, 0.3) is 0 Å². The molecule has 1 heterocycles. The summed E-state index contributed by atoms with van der Waals surface area (Å²) < 4.78 is 32.6. The number of ether oxygens (including phenoxy) is 1. The zero-order valence-corrected chi connectivity index (χ0v) is 12.8. The Morgan fingerprint density at radius 3 is 2.68 bits per heavy atom. The lowest BCUT2D eigenvalue weighted by atomic mass is 10.0. The lowest BCUT2D eigenvalue weighted by Crippen LogP contribution is -2.37. The minimum atomic E-state index is -1.20. The van der Waals surface area contributed by atoms with Gasteiger partial charge in [-0.05, 0) is 44.5 Å². The number of benzene rings is 1. The van der Waals surface area contributed by atoms with Crippen molar-refractivity contribution < 1.29 is 18.3 Å². The number of carbonyl (C=O) groups is 1. The zero-order chi connectivity index (χ0) is 16.5. The van der Waals surface area contributed by atoms with Crippen LogP contribution in [0.15, 0.2) is 18.2 Å². The molecule has 1 aliphatic rings. The summed E-state index contributed by atoms with van der Waals surface area (Å²) in [5, 5.41) is 8.91. The Kier molecular flexibility index (Phi) is 4.36. The highest BCUT2D eigenvalue weighted by atomic mass is 19.1. The molecule has 1 amide bonds. The number of hydrogen-bond donors (Lipinski definition) is 0. The number of rotatable bonds is 1. The van der Waals surface area contributed by atoms with Gasteiger partial charge in [0.2, 0.25) is 0 Å². The lowest BCUT2D eigenvalue weighted by Gasteiger charge is -2.28. The summed E-state index contributed by atoms with van der Waals surface area (Å²) in [5.74, 6) is -0.583. The van der Waals surface area contributed by atoms with Crippen LogP contribution in [0.3, 0.4) is 0 Å². The molecule has 4 nitrogen and oxygen atoms in total. The SMILES string of the molecule is CC(C)(C)OC(=O)N1C[C@@H](F)C[C@H]1c1cc(F)cc(C#N)c1. The maximum absolute atomic E-state index is 13.8. The Bertz CT molecular complexity index is 620. The highest BCUT2D eigenvalue weighted by Crippen LogP contribution is 2.35. The first-order valence-electron chi connectivity index (χ1n) is 7.04. The predicted octanol–water partition coefficient (Wildman–Crippen LogP) is 3.72. The Morgan fingerprint density at radius 1 is 1.41 bits per heavy atom. The van der Waals surface area contributed by atoms with Gasteiger partial charge in [0, 0.05) is 6.42 Å². The zero-order valence-electron chi connectivity index (χ0n) is 12.8. The van der Waals surface area contributed by atoms with Crippen LogP contribution in [0.25, 0.3) is 0 Å². The summed E-state index contributed by atoms with van der Waals surface area (Å²) in [6.45, 7) is 5.06. The summed E-state index contributed by atoms with van der Waals surface area (Å²) in [7, 11) is 0. The van der Waals surface area contributed by atoms with E-state index in [0.29, 0.717) is 5.56 Å². The molecule has 0 N–H and O–H groups in total. The van der Waals surface area contributed by atoms with Crippen molar-refractivity contribution in [3.05, 3.63) is 35.1 Å². The van der Waals surface area contributed by atoms with Crippen molar-refractivity contribution in [1.82, 2.24) is 4.90 Å². The van der Waals surface area contributed by atoms with Crippen molar-refractivity contribution in [2.24, 2.45) is 0 Å². The first-order valence-corrected chi connectivity index (χ1v) is 7.04. The van der Waals surface area contributed by atoms with Crippen LogP contribution in [0, 0.1) is 17.1 Å². The number of halogens is 2. The first kappa shape index (κ1) is 16.2. The van der Waals surface area contributed by atoms with Gasteiger partial charge in [0.1, 0.15) is 17.6 Å². The van der Waals surface area contributed by atoms with Gasteiger partial charge in [-0.2, -0.15) is 5.26 Å². The predicted molar refractivity (Wildman–Crippen MR) is 76.3 cm³/mol. The van der Waals surface area contributed by atoms with Gasteiger partial charge >= 0.3 is 6.09 Å². The van der Waals surface area contributed by atoms with Gasteiger partial charge in [0.15, 0.2) is 0 Å². The van der Waals surface area contributed by atoms with Crippen LogP contribution in [0.5, 0.6) is 0 Å². The molecule has 0 unspecified atom stereocenters. The van der Waals surface area contributed by atoms with E-state index in [1.165, 1.54) is 17.0 Å². The molecular formula is C16H18F2N2O2. The molecule has 0 saturated carbocycles. The molecular weight excluding hydrogens is 290 g/mol. The maximum atomic E-state index is 13.8. The highest BCUT2D eigenvalue weighted by molar-refractivity contribution is 5.69. The maximum Gasteiger partial charge on any atom is 0.410 e. The van der Waals surface area contributed by atoms with Gasteiger partial charge in [-0.3, -0.25) is 4.90 Å². The van der Waals surface area contributed by atoms with Gasteiger partial charge in [0.05, 0.1) is 24.2 Å². The van der Waals surface area contributed by atoms with Crippen LogP contribution in [0.4, 0.5) is 13.6 Å². The average Bonchev–Trinajstić information content (AvgIpc) is 2.78. The monoisotopic (exact) mass is 308 g/mol. The van der Waals surface area contributed by atoms with E-state index in [1.807, 2.05) is 6.07 Å². The number of carbonyl (C=O) groups excluding carboxylic acids is 1. The van der Waals surface area contributed by atoms with Crippen molar-refractivity contribution in [2.45, 2.75) is 45.0 Å². The molecule has 0 aliphatic carbocycles. The van der Waals surface area contributed by atoms with Crippen LogP contribution in [0.1, 0.15) is 44.4 Å². The lowest BCUT2D eigenvalue weighted by molar-refractivity contribution is 0.0216. The summed E-state index contributed by atoms with van der Waals surface area (Å²) in [4.78, 5) is 13.5. The molecule has 6 heteroatoms. The van der Waals surface area contributed by atoms with Gasteiger partial charge in [-0.1, -0.05) is 0 Å². The molecule has 0 aromatic heterocycles. The summed E-state index contributed by atoms with van der Waals surface area (Å²) in [5.41, 5.74) is -0.153. The third kappa shape index (κ3) is 3.73. The molecule has 2 rings (SSSR count). The van der Waals surface area contributed by atoms with Crippen molar-refractivity contribution in [3.8, 4) is 6.07 Å². The Labute approximate surface area is 128 Å². The standard InChI is InChI=1S/C16H18F2N2O2/c1-16(2,3)22-15(21)20-9-13(18)7-14(20)11-4-10(8-19)5-12(17)6-11/h4-6,13-14H,7,9H2,1-3H3/t13-,14-/m0/s1. The third-order valence-corrected chi connectivity index (χ3v) is 3.31. The largest absolute Gasteiger partial charge is 0.444 e. The molecule has 1 saturated heterocycles. The fourth-order valence-electron chi connectivity index (χ4n) is 2.49. The van der Waals surface area contributed by atoms with Crippen LogP contribution in [-0.4, -0.2) is 29.3 Å².